The Bertz CT molecular complexity index is 1790. The number of hydrogen-bond acceptors (Lipinski definition) is 6. The minimum atomic E-state index is -0.285. The van der Waals surface area contributed by atoms with E-state index in [-0.39, 0.29) is 11.7 Å². The summed E-state index contributed by atoms with van der Waals surface area (Å²) in [6.07, 6.45) is 3.34. The summed E-state index contributed by atoms with van der Waals surface area (Å²) in [7, 11) is 0. The van der Waals surface area contributed by atoms with E-state index in [0.717, 1.165) is 44.5 Å². The largest absolute Gasteiger partial charge is 0.451 e. The van der Waals surface area contributed by atoms with Gasteiger partial charge in [0, 0.05) is 48.1 Å². The predicted octanol–water partition coefficient (Wildman–Crippen LogP) is 5.53. The maximum absolute atomic E-state index is 13.5. The first kappa shape index (κ1) is 23.1. The van der Waals surface area contributed by atoms with Gasteiger partial charge in [-0.05, 0) is 54.1 Å². The lowest BCUT2D eigenvalue weighted by Crippen LogP contribution is -2.49. The van der Waals surface area contributed by atoms with Crippen LogP contribution in [0.5, 0.6) is 0 Å². The Hall–Kier alpha value is -5.05. The third-order valence-electron chi connectivity index (χ3n) is 7.20. The van der Waals surface area contributed by atoms with Crippen LogP contribution in [0, 0.1) is 5.82 Å². The number of amides is 1. The second-order valence-electron chi connectivity index (χ2n) is 9.52. The maximum Gasteiger partial charge on any atom is 0.289 e. The van der Waals surface area contributed by atoms with Crippen LogP contribution in [0.1, 0.15) is 10.6 Å². The van der Waals surface area contributed by atoms with Gasteiger partial charge in [-0.15, -0.1) is 0 Å². The van der Waals surface area contributed by atoms with Crippen molar-refractivity contribution in [2.45, 2.75) is 0 Å². The molecule has 6 aromatic rings. The highest BCUT2D eigenvalue weighted by molar-refractivity contribution is 5.97. The molecule has 4 heterocycles. The Morgan fingerprint density at radius 2 is 1.69 bits per heavy atom. The second kappa shape index (κ2) is 9.36. The number of fused-ring (bicyclic) bond motifs is 2. The van der Waals surface area contributed by atoms with E-state index in [0.29, 0.717) is 37.5 Å². The summed E-state index contributed by atoms with van der Waals surface area (Å²) in [6, 6.07) is 21.8. The SMILES string of the molecule is O=C(c1cc2ccccc2o1)N1CCN(c2ncnc3ccc(-c4cn[nH]c4-c4ccc(F)cc4)cc23)CC1. The number of aromatic nitrogens is 4. The van der Waals surface area contributed by atoms with Crippen LogP contribution in [0.3, 0.4) is 0 Å². The average molecular weight is 519 g/mol. The number of carbonyl (C=O) groups is 1. The number of anilines is 1. The number of furan rings is 1. The van der Waals surface area contributed by atoms with Crippen LogP contribution in [-0.2, 0) is 0 Å². The number of halogens is 1. The van der Waals surface area contributed by atoms with Gasteiger partial charge in [0.1, 0.15) is 23.5 Å². The van der Waals surface area contributed by atoms with Gasteiger partial charge in [-0.1, -0.05) is 24.3 Å². The number of rotatable bonds is 4. The molecule has 0 atom stereocenters. The van der Waals surface area contributed by atoms with Gasteiger partial charge in [-0.3, -0.25) is 9.89 Å². The molecule has 0 aliphatic carbocycles. The molecule has 0 bridgehead atoms. The highest BCUT2D eigenvalue weighted by Gasteiger charge is 2.26. The average Bonchev–Trinajstić information content (AvgIpc) is 3.65. The fourth-order valence-electron chi connectivity index (χ4n) is 5.17. The Morgan fingerprint density at radius 1 is 0.897 bits per heavy atom. The van der Waals surface area contributed by atoms with Crippen LogP contribution in [0.4, 0.5) is 10.2 Å². The second-order valence-corrected chi connectivity index (χ2v) is 9.52. The summed E-state index contributed by atoms with van der Waals surface area (Å²) >= 11 is 0. The molecule has 9 heteroatoms. The number of nitrogens with one attached hydrogen (secondary N) is 1. The van der Waals surface area contributed by atoms with Gasteiger partial charge >= 0.3 is 0 Å². The van der Waals surface area contributed by atoms with Crippen LogP contribution in [0.2, 0.25) is 0 Å². The number of para-hydroxylation sites is 1. The molecule has 3 aromatic carbocycles. The fraction of sp³-hybridized carbons (Fsp3) is 0.133. The number of hydrogen-bond donors (Lipinski definition) is 1. The summed E-state index contributed by atoms with van der Waals surface area (Å²) in [6.45, 7) is 2.37. The van der Waals surface area contributed by atoms with Gasteiger partial charge in [-0.2, -0.15) is 5.10 Å². The predicted molar refractivity (Wildman–Crippen MR) is 147 cm³/mol. The molecular weight excluding hydrogens is 495 g/mol. The molecule has 39 heavy (non-hydrogen) atoms. The Labute approximate surface area is 222 Å². The molecule has 192 valence electrons. The minimum absolute atomic E-state index is 0.103. The van der Waals surface area contributed by atoms with E-state index in [9.17, 15) is 9.18 Å². The summed E-state index contributed by atoms with van der Waals surface area (Å²) in [5.41, 5.74) is 5.05. The Balaban J connectivity index is 1.15. The summed E-state index contributed by atoms with van der Waals surface area (Å²) in [5.74, 6) is 0.795. The molecule has 7 rings (SSSR count). The summed E-state index contributed by atoms with van der Waals surface area (Å²) in [5, 5.41) is 9.13. The van der Waals surface area contributed by atoms with Gasteiger partial charge in [0.05, 0.1) is 17.4 Å². The van der Waals surface area contributed by atoms with Crippen molar-refractivity contribution in [1.29, 1.82) is 0 Å². The first-order valence-corrected chi connectivity index (χ1v) is 12.7. The van der Waals surface area contributed by atoms with Crippen molar-refractivity contribution in [3.05, 3.63) is 96.9 Å². The normalized spacial score (nSPS) is 13.9. The molecule has 8 nitrogen and oxygen atoms in total. The van der Waals surface area contributed by atoms with E-state index in [1.165, 1.54) is 12.1 Å². The number of benzene rings is 3. The third kappa shape index (κ3) is 4.17. The lowest BCUT2D eigenvalue weighted by molar-refractivity contribution is 0.0717. The monoisotopic (exact) mass is 518 g/mol. The Morgan fingerprint density at radius 3 is 2.51 bits per heavy atom. The maximum atomic E-state index is 13.5. The van der Waals surface area contributed by atoms with Crippen molar-refractivity contribution in [3.8, 4) is 22.4 Å². The standard InChI is InChI=1S/C30H23FN6O2/c31-22-8-5-19(6-9-22)28-24(17-34-35-28)20-7-10-25-23(15-20)29(33-18-32-25)36-11-13-37(14-12-36)30(38)27-16-21-3-1-2-4-26(21)39-27/h1-10,15-18H,11-14H2,(H,34,35). The molecule has 1 fully saturated rings. The van der Waals surface area contributed by atoms with Crippen LogP contribution in [-0.4, -0.2) is 57.2 Å². The lowest BCUT2D eigenvalue weighted by atomic mass is 10.00. The molecule has 1 amide bonds. The van der Waals surface area contributed by atoms with Crippen molar-refractivity contribution >= 4 is 33.6 Å². The zero-order valence-electron chi connectivity index (χ0n) is 20.8. The van der Waals surface area contributed by atoms with Gasteiger partial charge in [0.2, 0.25) is 0 Å². The van der Waals surface area contributed by atoms with Gasteiger partial charge in [0.25, 0.3) is 5.91 Å². The van der Waals surface area contributed by atoms with Crippen LogP contribution in [0.25, 0.3) is 44.3 Å². The summed E-state index contributed by atoms with van der Waals surface area (Å²) < 4.78 is 19.3. The topological polar surface area (TPSA) is 91.2 Å². The van der Waals surface area contributed by atoms with Crippen molar-refractivity contribution in [3.63, 3.8) is 0 Å². The van der Waals surface area contributed by atoms with E-state index >= 15 is 0 Å². The number of aromatic amines is 1. The van der Waals surface area contributed by atoms with Gasteiger partial charge in [0.15, 0.2) is 5.76 Å². The van der Waals surface area contributed by atoms with Gasteiger partial charge < -0.3 is 14.2 Å². The summed E-state index contributed by atoms with van der Waals surface area (Å²) in [4.78, 5) is 26.2. The molecule has 0 saturated carbocycles. The first-order chi connectivity index (χ1) is 19.1. The number of nitrogens with zero attached hydrogens (tertiary/aromatic N) is 5. The fourth-order valence-corrected chi connectivity index (χ4v) is 5.17. The molecule has 3 aromatic heterocycles. The highest BCUT2D eigenvalue weighted by atomic mass is 19.1. The molecule has 0 spiro atoms. The molecule has 1 aliphatic rings. The molecule has 0 unspecified atom stereocenters. The molecule has 1 aliphatic heterocycles. The van der Waals surface area contributed by atoms with E-state index < -0.39 is 0 Å². The lowest BCUT2D eigenvalue weighted by Gasteiger charge is -2.35. The number of H-pyrrole nitrogens is 1. The van der Waals surface area contributed by atoms with Crippen molar-refractivity contribution < 1.29 is 13.6 Å². The molecule has 1 saturated heterocycles. The van der Waals surface area contributed by atoms with Crippen molar-refractivity contribution in [2.75, 3.05) is 31.1 Å². The van der Waals surface area contributed by atoms with Crippen molar-refractivity contribution in [1.82, 2.24) is 25.1 Å². The molecule has 0 radical (unpaired) electrons. The zero-order valence-corrected chi connectivity index (χ0v) is 20.8. The zero-order chi connectivity index (χ0) is 26.3. The molecule has 1 N–H and O–H groups in total. The van der Waals surface area contributed by atoms with Crippen LogP contribution >= 0.6 is 0 Å². The van der Waals surface area contributed by atoms with E-state index in [1.54, 1.807) is 30.7 Å². The highest BCUT2D eigenvalue weighted by Crippen LogP contribution is 2.34. The molecular formula is C30H23FN6O2. The third-order valence-corrected chi connectivity index (χ3v) is 7.20. The van der Waals surface area contributed by atoms with Crippen LogP contribution < -0.4 is 4.90 Å². The van der Waals surface area contributed by atoms with E-state index in [1.807, 2.05) is 41.3 Å². The van der Waals surface area contributed by atoms with Crippen molar-refractivity contribution in [2.24, 2.45) is 0 Å². The van der Waals surface area contributed by atoms with Crippen LogP contribution in [0.15, 0.2) is 89.7 Å². The van der Waals surface area contributed by atoms with E-state index in [4.69, 9.17) is 4.42 Å². The van der Waals surface area contributed by atoms with E-state index in [2.05, 4.69) is 31.1 Å². The smallest absolute Gasteiger partial charge is 0.289 e. The number of carbonyl (C=O) groups excluding carboxylic acids is 1. The number of piperazine rings is 1. The minimum Gasteiger partial charge on any atom is -0.451 e. The quantitative estimate of drug-likeness (QED) is 0.330. The Kier molecular flexibility index (Phi) is 5.54. The van der Waals surface area contributed by atoms with Gasteiger partial charge in [-0.25, -0.2) is 14.4 Å². The first-order valence-electron chi connectivity index (χ1n) is 12.7.